The van der Waals surface area contributed by atoms with Gasteiger partial charge in [-0.1, -0.05) is 87.6 Å². The molecule has 0 amide bonds. The van der Waals surface area contributed by atoms with Crippen molar-refractivity contribution >= 4 is 13.7 Å². The van der Waals surface area contributed by atoms with E-state index in [1.54, 1.807) is 36.4 Å². The number of hydrogen-bond donors (Lipinski definition) is 1. The highest BCUT2D eigenvalue weighted by Crippen LogP contribution is 2.47. The van der Waals surface area contributed by atoms with Crippen molar-refractivity contribution in [3.8, 4) is 11.5 Å². The standard InChI is InChI=1S/C29H31F5NO5P/c1-2-3-4-5-6-13-18-38-29(36)22(19-20-14-9-7-10-15-20)35-41(37,39-21-16-11-8-12-17-21)40-28-26(33)24(31)23(30)25(32)27(28)34/h7-12,14-17,22H,2-6,13,18-19H2,1H3,(H,35,37)/t22-,41-/m0/s1. The van der Waals surface area contributed by atoms with Crippen LogP contribution >= 0.6 is 7.75 Å². The summed E-state index contributed by atoms with van der Waals surface area (Å²) in [6.07, 6.45) is 5.47. The van der Waals surface area contributed by atoms with Crippen LogP contribution in [0.5, 0.6) is 11.5 Å². The smallest absolute Gasteiger partial charge is 0.465 e. The number of unbranched alkanes of at least 4 members (excludes halogenated alkanes) is 5. The van der Waals surface area contributed by atoms with Crippen molar-refractivity contribution in [1.82, 2.24) is 5.09 Å². The Kier molecular flexibility index (Phi) is 12.2. The molecule has 0 fully saturated rings. The Bertz CT molecular complexity index is 1300. The topological polar surface area (TPSA) is 73.9 Å². The van der Waals surface area contributed by atoms with Gasteiger partial charge in [0.1, 0.15) is 11.8 Å². The summed E-state index contributed by atoms with van der Waals surface area (Å²) in [6.45, 7) is 2.15. The lowest BCUT2D eigenvalue weighted by atomic mass is 10.1. The Morgan fingerprint density at radius 3 is 1.90 bits per heavy atom. The molecule has 0 saturated carbocycles. The Morgan fingerprint density at radius 1 is 0.756 bits per heavy atom. The van der Waals surface area contributed by atoms with Crippen LogP contribution in [0.4, 0.5) is 22.0 Å². The number of carbonyl (C=O) groups excluding carboxylic acids is 1. The van der Waals surface area contributed by atoms with Crippen LogP contribution in [0.15, 0.2) is 60.7 Å². The van der Waals surface area contributed by atoms with E-state index in [9.17, 15) is 31.3 Å². The van der Waals surface area contributed by atoms with Crippen molar-refractivity contribution < 1.29 is 45.1 Å². The molecule has 0 aromatic heterocycles. The van der Waals surface area contributed by atoms with Gasteiger partial charge in [-0.15, -0.1) is 0 Å². The highest BCUT2D eigenvalue weighted by molar-refractivity contribution is 7.52. The first-order valence-corrected chi connectivity index (χ1v) is 14.7. The number of ether oxygens (including phenoxy) is 1. The first-order chi connectivity index (χ1) is 19.6. The van der Waals surface area contributed by atoms with Crippen LogP contribution in [-0.4, -0.2) is 18.6 Å². The Morgan fingerprint density at radius 2 is 1.29 bits per heavy atom. The molecule has 1 N–H and O–H groups in total. The molecular weight excluding hydrogens is 568 g/mol. The van der Waals surface area contributed by atoms with Crippen LogP contribution in [-0.2, 0) is 20.5 Å². The molecule has 0 spiro atoms. The van der Waals surface area contributed by atoms with Gasteiger partial charge in [0, 0.05) is 0 Å². The Balaban J connectivity index is 1.90. The van der Waals surface area contributed by atoms with Crippen LogP contribution in [0.3, 0.4) is 0 Å². The summed E-state index contributed by atoms with van der Waals surface area (Å²) < 4.78 is 99.9. The number of halogens is 5. The van der Waals surface area contributed by atoms with E-state index in [2.05, 4.69) is 12.0 Å². The maximum absolute atomic E-state index is 14.5. The molecule has 0 aliphatic heterocycles. The summed E-state index contributed by atoms with van der Waals surface area (Å²) in [5.41, 5.74) is 0.587. The van der Waals surface area contributed by atoms with Gasteiger partial charge in [0.05, 0.1) is 6.61 Å². The number of nitrogens with one attached hydrogen (secondary N) is 1. The first-order valence-electron chi connectivity index (χ1n) is 13.2. The molecule has 6 nitrogen and oxygen atoms in total. The van der Waals surface area contributed by atoms with Gasteiger partial charge >= 0.3 is 13.7 Å². The van der Waals surface area contributed by atoms with Crippen molar-refractivity contribution in [3.05, 3.63) is 95.3 Å². The highest BCUT2D eigenvalue weighted by Gasteiger charge is 2.39. The Hall–Kier alpha value is -3.43. The van der Waals surface area contributed by atoms with Crippen molar-refractivity contribution in [3.63, 3.8) is 0 Å². The lowest BCUT2D eigenvalue weighted by Crippen LogP contribution is -2.40. The Labute approximate surface area is 235 Å². The van der Waals surface area contributed by atoms with E-state index in [-0.39, 0.29) is 18.8 Å². The van der Waals surface area contributed by atoms with Gasteiger partial charge in [-0.25, -0.2) is 17.7 Å². The maximum Gasteiger partial charge on any atom is 0.513 e. The van der Waals surface area contributed by atoms with Gasteiger partial charge < -0.3 is 13.8 Å². The zero-order valence-corrected chi connectivity index (χ0v) is 23.3. The average molecular weight is 600 g/mol. The van der Waals surface area contributed by atoms with Crippen molar-refractivity contribution in [1.29, 1.82) is 0 Å². The van der Waals surface area contributed by atoms with Crippen molar-refractivity contribution in [2.24, 2.45) is 0 Å². The van der Waals surface area contributed by atoms with Gasteiger partial charge in [0.2, 0.25) is 34.8 Å². The quantitative estimate of drug-likeness (QED) is 0.0449. The predicted molar refractivity (Wildman–Crippen MR) is 143 cm³/mol. The zero-order chi connectivity index (χ0) is 29.8. The first kappa shape index (κ1) is 32.1. The molecule has 0 unspecified atom stereocenters. The minimum Gasteiger partial charge on any atom is -0.465 e. The summed E-state index contributed by atoms with van der Waals surface area (Å²) in [6, 6.07) is 14.2. The summed E-state index contributed by atoms with van der Waals surface area (Å²) >= 11 is 0. The minimum atomic E-state index is -5.06. The normalized spacial score (nSPS) is 13.3. The molecule has 12 heteroatoms. The molecule has 0 saturated heterocycles. The third-order valence-corrected chi connectivity index (χ3v) is 7.48. The monoisotopic (exact) mass is 599 g/mol. The third kappa shape index (κ3) is 9.30. The summed E-state index contributed by atoms with van der Waals surface area (Å²) in [7, 11) is -5.06. The van der Waals surface area contributed by atoms with Gasteiger partial charge in [-0.3, -0.25) is 4.79 Å². The van der Waals surface area contributed by atoms with Crippen LogP contribution in [0.2, 0.25) is 0 Å². The minimum absolute atomic E-state index is 0.0558. The molecule has 2 atom stereocenters. The number of carbonyl (C=O) groups is 1. The summed E-state index contributed by atoms with van der Waals surface area (Å²) in [5, 5.41) is 2.32. The van der Waals surface area contributed by atoms with Gasteiger partial charge in [0.25, 0.3) is 0 Å². The van der Waals surface area contributed by atoms with E-state index >= 15 is 0 Å². The van der Waals surface area contributed by atoms with Gasteiger partial charge in [-0.05, 0) is 30.5 Å². The zero-order valence-electron chi connectivity index (χ0n) is 22.4. The molecule has 0 aliphatic rings. The van der Waals surface area contributed by atoms with E-state index < -0.39 is 54.6 Å². The van der Waals surface area contributed by atoms with Gasteiger partial charge in [0.15, 0.2) is 0 Å². The third-order valence-electron chi connectivity index (χ3n) is 5.97. The molecule has 3 aromatic rings. The fraction of sp³-hybridized carbons (Fsp3) is 0.345. The second-order valence-electron chi connectivity index (χ2n) is 9.20. The van der Waals surface area contributed by atoms with Crippen molar-refractivity contribution in [2.45, 2.75) is 57.9 Å². The molecule has 0 radical (unpaired) electrons. The van der Waals surface area contributed by atoms with Crippen molar-refractivity contribution in [2.75, 3.05) is 6.61 Å². The molecule has 0 heterocycles. The van der Waals surface area contributed by atoms with Crippen LogP contribution in [0.25, 0.3) is 0 Å². The van der Waals surface area contributed by atoms with E-state index in [1.165, 1.54) is 24.3 Å². The van der Waals surface area contributed by atoms with E-state index in [0.717, 1.165) is 32.1 Å². The number of benzene rings is 3. The lowest BCUT2D eigenvalue weighted by Gasteiger charge is -2.25. The fourth-order valence-corrected chi connectivity index (χ4v) is 5.38. The number of esters is 1. The predicted octanol–water partition coefficient (Wildman–Crippen LogP) is 8.05. The number of hydrogen-bond acceptors (Lipinski definition) is 5. The molecule has 3 aromatic carbocycles. The molecule has 0 aliphatic carbocycles. The summed E-state index contributed by atoms with van der Waals surface area (Å²) in [5.74, 6) is -14.6. The molecule has 41 heavy (non-hydrogen) atoms. The van der Waals surface area contributed by atoms with E-state index in [1.807, 2.05) is 0 Å². The maximum atomic E-state index is 14.5. The van der Waals surface area contributed by atoms with E-state index in [4.69, 9.17) is 13.8 Å². The molecule has 3 rings (SSSR count). The molecule has 222 valence electrons. The average Bonchev–Trinajstić information content (AvgIpc) is 2.97. The largest absolute Gasteiger partial charge is 0.513 e. The second kappa shape index (κ2) is 15.5. The van der Waals surface area contributed by atoms with Gasteiger partial charge in [-0.2, -0.15) is 13.9 Å². The lowest BCUT2D eigenvalue weighted by molar-refractivity contribution is -0.145. The fourth-order valence-electron chi connectivity index (χ4n) is 3.85. The SMILES string of the molecule is CCCCCCCCOC(=O)[C@H](Cc1ccccc1)N[P@](=O)(Oc1ccccc1)Oc1c(F)c(F)c(F)c(F)c1F. The van der Waals surface area contributed by atoms with Crippen LogP contribution in [0.1, 0.15) is 51.0 Å². The highest BCUT2D eigenvalue weighted by atomic mass is 31.2. The molecular formula is C29H31F5NO5P. The number of rotatable bonds is 16. The summed E-state index contributed by atoms with van der Waals surface area (Å²) in [4.78, 5) is 13.1. The van der Waals surface area contributed by atoms with E-state index in [0.29, 0.717) is 12.0 Å². The van der Waals surface area contributed by atoms with Crippen LogP contribution in [0, 0.1) is 29.1 Å². The number of para-hydroxylation sites is 1. The molecule has 0 bridgehead atoms. The van der Waals surface area contributed by atoms with Crippen LogP contribution < -0.4 is 14.1 Å². The second-order valence-corrected chi connectivity index (χ2v) is 10.8.